The van der Waals surface area contributed by atoms with E-state index in [2.05, 4.69) is 19.2 Å². The minimum absolute atomic E-state index is 0. The summed E-state index contributed by atoms with van der Waals surface area (Å²) >= 11 is 0. The molecule has 3 heteroatoms. The van der Waals surface area contributed by atoms with Crippen LogP contribution in [-0.4, -0.2) is 49.3 Å². The van der Waals surface area contributed by atoms with Crippen molar-refractivity contribution in [3.63, 3.8) is 0 Å². The molecule has 0 heterocycles. The molecule has 0 aromatic carbocycles. The Labute approximate surface area is 119 Å². The zero-order valence-electron chi connectivity index (χ0n) is 9.57. The van der Waals surface area contributed by atoms with Gasteiger partial charge >= 0.3 is 18.9 Å². The molecule has 0 spiro atoms. The van der Waals surface area contributed by atoms with Gasteiger partial charge in [0.25, 0.3) is 0 Å². The second-order valence-electron chi connectivity index (χ2n) is 3.87. The molecule has 0 fully saturated rings. The molecule has 0 atom stereocenters. The van der Waals surface area contributed by atoms with Gasteiger partial charge in [0.1, 0.15) is 0 Å². The van der Waals surface area contributed by atoms with Crippen LogP contribution in [-0.2, 0) is 0 Å². The van der Waals surface area contributed by atoms with E-state index in [-0.39, 0.29) is 36.2 Å². The summed E-state index contributed by atoms with van der Waals surface area (Å²) in [6.45, 7) is 6.98. The van der Waals surface area contributed by atoms with Crippen LogP contribution in [0.15, 0.2) is 0 Å². The third kappa shape index (κ3) is 21.0. The summed E-state index contributed by atoms with van der Waals surface area (Å²) in [7, 11) is 0. The van der Waals surface area contributed by atoms with Gasteiger partial charge in [-0.3, -0.25) is 0 Å². The summed E-state index contributed by atoms with van der Waals surface area (Å²) < 4.78 is 0. The zero-order chi connectivity index (χ0) is 9.78. The fourth-order valence-electron chi connectivity index (χ4n) is 1.48. The molecule has 15 heavy (non-hydrogen) atoms. The van der Waals surface area contributed by atoms with Crippen LogP contribution in [0.25, 0.3) is 0 Å². The van der Waals surface area contributed by atoms with Crippen LogP contribution in [0.2, 0.25) is 0 Å². The first-order valence-electron chi connectivity index (χ1n) is 6.12. The number of rotatable bonds is 10. The molecular weight excluding hydrogens is 192 g/mol. The van der Waals surface area contributed by atoms with Crippen molar-refractivity contribution in [2.75, 3.05) is 13.1 Å². The number of hydrogen-bond donors (Lipinski definition) is 1. The van der Waals surface area contributed by atoms with Crippen molar-refractivity contribution in [2.24, 2.45) is 0 Å². The van der Waals surface area contributed by atoms with Crippen molar-refractivity contribution in [3.8, 4) is 0 Å². The molecule has 0 rings (SSSR count). The second-order valence-corrected chi connectivity index (χ2v) is 3.87. The Bertz CT molecular complexity index is 81.7. The van der Waals surface area contributed by atoms with Crippen molar-refractivity contribution in [3.05, 3.63) is 0 Å². The van der Waals surface area contributed by atoms with Crippen LogP contribution < -0.4 is 5.32 Å². The quantitative estimate of drug-likeness (QED) is 0.440. The molecule has 1 N–H and O–H groups in total. The van der Waals surface area contributed by atoms with E-state index >= 15 is 0 Å². The van der Waals surface area contributed by atoms with E-state index in [0.717, 1.165) is 0 Å². The van der Waals surface area contributed by atoms with E-state index in [1.54, 1.807) is 0 Å². The number of hydrogen-bond acceptors (Lipinski definition) is 1. The number of unbranched alkanes of at least 4 members (excludes halogenated alkanes) is 6. The normalized spacial score (nSPS) is 9.20. The number of nitrogens with one attached hydrogen (secondary N) is 1. The van der Waals surface area contributed by atoms with Crippen molar-refractivity contribution >= 4 is 36.2 Å². The third-order valence-electron chi connectivity index (χ3n) is 2.41. The summed E-state index contributed by atoms with van der Waals surface area (Å²) in [4.78, 5) is 0. The van der Waals surface area contributed by atoms with E-state index < -0.39 is 0 Å². The van der Waals surface area contributed by atoms with Gasteiger partial charge in [0.2, 0.25) is 0 Å². The molecule has 0 radical (unpaired) electrons. The summed E-state index contributed by atoms with van der Waals surface area (Å²) in [5.74, 6) is 0. The molecule has 0 saturated heterocycles. The van der Waals surface area contributed by atoms with Gasteiger partial charge in [-0.15, -0.1) is 0 Å². The van der Waals surface area contributed by atoms with Gasteiger partial charge in [-0.25, -0.2) is 0 Å². The summed E-state index contributed by atoms with van der Waals surface area (Å²) in [5.41, 5.74) is 0. The molecule has 1 nitrogen and oxygen atoms in total. The van der Waals surface area contributed by atoms with Crippen molar-refractivity contribution in [1.29, 1.82) is 0 Å². The van der Waals surface area contributed by atoms with Crippen molar-refractivity contribution < 1.29 is 0 Å². The van der Waals surface area contributed by atoms with Gasteiger partial charge in [0.15, 0.2) is 17.4 Å². The third-order valence-corrected chi connectivity index (χ3v) is 2.41. The van der Waals surface area contributed by atoms with E-state index in [1.165, 1.54) is 64.5 Å². The van der Waals surface area contributed by atoms with Gasteiger partial charge in [0.05, 0.1) is 0 Å². The van der Waals surface area contributed by atoms with E-state index in [1.807, 2.05) is 0 Å². The first-order valence-corrected chi connectivity index (χ1v) is 6.12. The molecule has 0 aliphatic rings. The predicted molar refractivity (Wildman–Crippen MR) is 78.2 cm³/mol. The molecule has 0 bridgehead atoms. The van der Waals surface area contributed by atoms with E-state index in [4.69, 9.17) is 0 Å². The minimum atomic E-state index is 0. The maximum absolute atomic E-state index is 3.50. The SMILES string of the molecule is CCCCCCNCCCCCC.[AlH3].[LiH]. The summed E-state index contributed by atoms with van der Waals surface area (Å²) in [6, 6.07) is 0. The molecule has 0 aromatic rings. The Hall–Kier alpha value is 1.09. The molecule has 0 saturated carbocycles. The Kier molecular flexibility index (Phi) is 29.2. The van der Waals surface area contributed by atoms with Crippen LogP contribution in [0.1, 0.15) is 65.2 Å². The standard InChI is InChI=1S/C12H27N.Al.Li.4H/c1-3-5-7-9-11-13-12-10-8-6-4-2;;;;;;/h13H,3-12H2,1-2H3;;;;;;. The molecule has 0 aromatic heterocycles. The first-order chi connectivity index (χ1) is 6.41. The fourth-order valence-corrected chi connectivity index (χ4v) is 1.48. The van der Waals surface area contributed by atoms with Crippen LogP contribution in [0, 0.1) is 0 Å². The monoisotopic (exact) mass is 223 g/mol. The Morgan fingerprint density at radius 3 is 1.40 bits per heavy atom. The average Bonchev–Trinajstić information content (AvgIpc) is 2.16. The van der Waals surface area contributed by atoms with E-state index in [9.17, 15) is 0 Å². The van der Waals surface area contributed by atoms with Gasteiger partial charge < -0.3 is 5.32 Å². The zero-order valence-corrected chi connectivity index (χ0v) is 9.57. The van der Waals surface area contributed by atoms with Gasteiger partial charge in [-0.2, -0.15) is 0 Å². The molecule has 0 amide bonds. The summed E-state index contributed by atoms with van der Waals surface area (Å²) in [5, 5.41) is 3.50. The molecular formula is C12H31AlLiN. The van der Waals surface area contributed by atoms with Crippen LogP contribution in [0.5, 0.6) is 0 Å². The Balaban J connectivity index is -0.000000720. The Morgan fingerprint density at radius 1 is 0.667 bits per heavy atom. The summed E-state index contributed by atoms with van der Waals surface area (Å²) in [6.07, 6.45) is 11.0. The van der Waals surface area contributed by atoms with Crippen molar-refractivity contribution in [1.82, 2.24) is 5.32 Å². The average molecular weight is 223 g/mol. The predicted octanol–water partition coefficient (Wildman–Crippen LogP) is 1.90. The maximum atomic E-state index is 3.50. The fraction of sp³-hybridized carbons (Fsp3) is 1.00. The van der Waals surface area contributed by atoms with Crippen LogP contribution >= 0.6 is 0 Å². The van der Waals surface area contributed by atoms with Crippen molar-refractivity contribution in [2.45, 2.75) is 65.2 Å². The van der Waals surface area contributed by atoms with Gasteiger partial charge in [-0.05, 0) is 25.9 Å². The molecule has 88 valence electrons. The topological polar surface area (TPSA) is 12.0 Å². The van der Waals surface area contributed by atoms with Crippen LogP contribution in [0.4, 0.5) is 0 Å². The second kappa shape index (κ2) is 20.5. The molecule has 0 aliphatic heterocycles. The van der Waals surface area contributed by atoms with Gasteiger partial charge in [0, 0.05) is 0 Å². The molecule has 0 aliphatic carbocycles. The Morgan fingerprint density at radius 2 is 1.07 bits per heavy atom. The van der Waals surface area contributed by atoms with E-state index in [0.29, 0.717) is 0 Å². The molecule has 0 unspecified atom stereocenters. The van der Waals surface area contributed by atoms with Gasteiger partial charge in [-0.1, -0.05) is 52.4 Å². The van der Waals surface area contributed by atoms with Crippen LogP contribution in [0.3, 0.4) is 0 Å². The first kappa shape index (κ1) is 21.4.